The van der Waals surface area contributed by atoms with Crippen molar-refractivity contribution in [3.8, 4) is 5.75 Å². The van der Waals surface area contributed by atoms with Gasteiger partial charge in [0.15, 0.2) is 0 Å². The van der Waals surface area contributed by atoms with Crippen molar-refractivity contribution in [1.82, 2.24) is 10.3 Å². The van der Waals surface area contributed by atoms with Crippen molar-refractivity contribution in [3.05, 3.63) is 46.4 Å². The molecule has 21 heavy (non-hydrogen) atoms. The van der Waals surface area contributed by atoms with E-state index in [1.165, 1.54) is 11.3 Å². The van der Waals surface area contributed by atoms with Gasteiger partial charge < -0.3 is 15.2 Å². The third-order valence-corrected chi connectivity index (χ3v) is 3.55. The van der Waals surface area contributed by atoms with Crippen molar-refractivity contribution in [2.75, 3.05) is 13.2 Å². The molecule has 5 nitrogen and oxygen atoms in total. The number of aliphatic hydroxyl groups excluding tert-OH is 1. The standard InChI is InChI=1S/C15H18N2O3S/c1-11(7-18)6-16-15(19)13-4-2-3-5-14(13)20-8-12-9-21-10-17-12/h2-5,9-11,18H,6-8H2,1H3,(H,16,19). The van der Waals surface area contributed by atoms with E-state index in [4.69, 9.17) is 9.84 Å². The number of thiazole rings is 1. The summed E-state index contributed by atoms with van der Waals surface area (Å²) in [6.45, 7) is 2.67. The molecule has 1 unspecified atom stereocenters. The number of benzene rings is 1. The molecule has 0 saturated heterocycles. The lowest BCUT2D eigenvalue weighted by Crippen LogP contribution is -2.29. The first kappa shape index (κ1) is 15.5. The molecule has 6 heteroatoms. The van der Waals surface area contributed by atoms with Crippen molar-refractivity contribution in [3.63, 3.8) is 0 Å². The maximum absolute atomic E-state index is 12.2. The second-order valence-electron chi connectivity index (χ2n) is 4.76. The van der Waals surface area contributed by atoms with Gasteiger partial charge in [-0.15, -0.1) is 11.3 Å². The van der Waals surface area contributed by atoms with Gasteiger partial charge in [-0.1, -0.05) is 19.1 Å². The summed E-state index contributed by atoms with van der Waals surface area (Å²) in [5.74, 6) is 0.348. The number of hydrogen-bond donors (Lipinski definition) is 2. The van der Waals surface area contributed by atoms with Gasteiger partial charge in [0, 0.05) is 18.5 Å². The van der Waals surface area contributed by atoms with Crippen molar-refractivity contribution in [2.24, 2.45) is 5.92 Å². The van der Waals surface area contributed by atoms with Crippen LogP contribution in [0.2, 0.25) is 0 Å². The Morgan fingerprint density at radius 2 is 2.29 bits per heavy atom. The van der Waals surface area contributed by atoms with Gasteiger partial charge in [0.2, 0.25) is 0 Å². The highest BCUT2D eigenvalue weighted by Gasteiger charge is 2.13. The lowest BCUT2D eigenvalue weighted by Gasteiger charge is -2.13. The van der Waals surface area contributed by atoms with Crippen LogP contribution in [0.25, 0.3) is 0 Å². The van der Waals surface area contributed by atoms with Crippen molar-refractivity contribution in [1.29, 1.82) is 0 Å². The molecular weight excluding hydrogens is 288 g/mol. The summed E-state index contributed by atoms with van der Waals surface area (Å²) in [5.41, 5.74) is 3.06. The Morgan fingerprint density at radius 3 is 3.00 bits per heavy atom. The highest BCUT2D eigenvalue weighted by atomic mass is 32.1. The Bertz CT molecular complexity index is 572. The van der Waals surface area contributed by atoms with Crippen LogP contribution in [-0.4, -0.2) is 29.1 Å². The van der Waals surface area contributed by atoms with Crippen LogP contribution in [0.1, 0.15) is 23.0 Å². The first-order valence-electron chi connectivity index (χ1n) is 6.68. The molecule has 1 atom stereocenters. The van der Waals surface area contributed by atoms with E-state index < -0.39 is 0 Å². The number of nitrogens with one attached hydrogen (secondary N) is 1. The lowest BCUT2D eigenvalue weighted by molar-refractivity contribution is 0.0937. The van der Waals surface area contributed by atoms with Crippen molar-refractivity contribution in [2.45, 2.75) is 13.5 Å². The molecule has 0 aliphatic rings. The predicted octanol–water partition coefficient (Wildman–Crippen LogP) is 2.08. The van der Waals surface area contributed by atoms with E-state index in [1.54, 1.807) is 23.7 Å². The summed E-state index contributed by atoms with van der Waals surface area (Å²) in [6, 6.07) is 7.09. The molecule has 0 saturated carbocycles. The molecule has 1 heterocycles. The van der Waals surface area contributed by atoms with Crippen LogP contribution in [0.4, 0.5) is 0 Å². The molecule has 1 amide bonds. The number of amides is 1. The van der Waals surface area contributed by atoms with Crippen LogP contribution < -0.4 is 10.1 Å². The molecule has 112 valence electrons. The minimum Gasteiger partial charge on any atom is -0.486 e. The fourth-order valence-electron chi connectivity index (χ4n) is 1.67. The van der Waals surface area contributed by atoms with Crippen LogP contribution >= 0.6 is 11.3 Å². The van der Waals surface area contributed by atoms with E-state index in [1.807, 2.05) is 18.4 Å². The van der Waals surface area contributed by atoms with Gasteiger partial charge in [-0.2, -0.15) is 0 Å². The molecule has 0 bridgehead atoms. The van der Waals surface area contributed by atoms with Crippen LogP contribution in [0.15, 0.2) is 35.2 Å². The average Bonchev–Trinajstić information content (AvgIpc) is 3.04. The number of ether oxygens (including phenoxy) is 1. The molecule has 1 aromatic heterocycles. The topological polar surface area (TPSA) is 71.5 Å². The van der Waals surface area contributed by atoms with E-state index >= 15 is 0 Å². The zero-order valence-electron chi connectivity index (χ0n) is 11.8. The third-order valence-electron chi connectivity index (χ3n) is 2.91. The molecular formula is C15H18N2O3S. The minimum absolute atomic E-state index is 0.0250. The molecule has 2 aromatic rings. The van der Waals surface area contributed by atoms with Gasteiger partial charge in [0.25, 0.3) is 5.91 Å². The van der Waals surface area contributed by atoms with Crippen LogP contribution in [0.3, 0.4) is 0 Å². The monoisotopic (exact) mass is 306 g/mol. The number of para-hydroxylation sites is 1. The summed E-state index contributed by atoms with van der Waals surface area (Å²) in [6.07, 6.45) is 0. The molecule has 0 fully saturated rings. The average molecular weight is 306 g/mol. The summed E-state index contributed by atoms with van der Waals surface area (Å²) in [5, 5.41) is 13.7. The SMILES string of the molecule is CC(CO)CNC(=O)c1ccccc1OCc1cscn1. The summed E-state index contributed by atoms with van der Waals surface area (Å²) < 4.78 is 5.67. The lowest BCUT2D eigenvalue weighted by atomic mass is 10.1. The van der Waals surface area contributed by atoms with Crippen molar-refractivity contribution >= 4 is 17.2 Å². The van der Waals surface area contributed by atoms with Crippen LogP contribution in [0, 0.1) is 5.92 Å². The fourth-order valence-corrected chi connectivity index (χ4v) is 2.21. The quantitative estimate of drug-likeness (QED) is 0.821. The molecule has 0 spiro atoms. The molecule has 0 aliphatic carbocycles. The first-order chi connectivity index (χ1) is 10.2. The number of nitrogens with zero attached hydrogens (tertiary/aromatic N) is 1. The van der Waals surface area contributed by atoms with Gasteiger partial charge in [-0.3, -0.25) is 4.79 Å². The zero-order chi connectivity index (χ0) is 15.1. The number of aromatic nitrogens is 1. The molecule has 2 rings (SSSR count). The predicted molar refractivity (Wildman–Crippen MR) is 81.5 cm³/mol. The van der Waals surface area contributed by atoms with Crippen LogP contribution in [-0.2, 0) is 6.61 Å². The molecule has 0 radical (unpaired) electrons. The number of carbonyl (C=O) groups excluding carboxylic acids is 1. The number of carbonyl (C=O) groups is 1. The number of hydrogen-bond acceptors (Lipinski definition) is 5. The Morgan fingerprint density at radius 1 is 1.48 bits per heavy atom. The maximum atomic E-state index is 12.2. The normalized spacial score (nSPS) is 11.9. The van der Waals surface area contributed by atoms with Gasteiger partial charge in [-0.05, 0) is 18.1 Å². The van der Waals surface area contributed by atoms with Crippen LogP contribution in [0.5, 0.6) is 5.75 Å². The molecule has 2 N–H and O–H groups in total. The highest BCUT2D eigenvalue weighted by Crippen LogP contribution is 2.19. The van der Waals surface area contributed by atoms with E-state index in [2.05, 4.69) is 10.3 Å². The summed E-state index contributed by atoms with van der Waals surface area (Å²) >= 11 is 1.50. The van der Waals surface area contributed by atoms with Gasteiger partial charge >= 0.3 is 0 Å². The Labute approximate surface area is 127 Å². The van der Waals surface area contributed by atoms with Gasteiger partial charge in [0.05, 0.1) is 16.8 Å². The minimum atomic E-state index is -0.204. The highest BCUT2D eigenvalue weighted by molar-refractivity contribution is 7.07. The first-order valence-corrected chi connectivity index (χ1v) is 7.63. The third kappa shape index (κ3) is 4.54. The van der Waals surface area contributed by atoms with E-state index in [-0.39, 0.29) is 18.4 Å². The fraction of sp³-hybridized carbons (Fsp3) is 0.333. The zero-order valence-corrected chi connectivity index (χ0v) is 12.6. The Hall–Kier alpha value is -1.92. The van der Waals surface area contributed by atoms with E-state index in [9.17, 15) is 4.79 Å². The summed E-state index contributed by atoms with van der Waals surface area (Å²) in [7, 11) is 0. The van der Waals surface area contributed by atoms with Gasteiger partial charge in [0.1, 0.15) is 12.4 Å². The van der Waals surface area contributed by atoms with E-state index in [0.717, 1.165) is 5.69 Å². The van der Waals surface area contributed by atoms with Gasteiger partial charge in [-0.25, -0.2) is 4.98 Å². The summed E-state index contributed by atoms with van der Waals surface area (Å²) in [4.78, 5) is 16.3. The van der Waals surface area contributed by atoms with Crippen molar-refractivity contribution < 1.29 is 14.6 Å². The molecule has 1 aromatic carbocycles. The number of aliphatic hydroxyl groups is 1. The Balaban J connectivity index is 2.00. The second kappa shape index (κ2) is 7.75. The number of rotatable bonds is 7. The largest absolute Gasteiger partial charge is 0.486 e. The Kier molecular flexibility index (Phi) is 5.71. The smallest absolute Gasteiger partial charge is 0.255 e. The van der Waals surface area contributed by atoms with E-state index in [0.29, 0.717) is 24.5 Å². The second-order valence-corrected chi connectivity index (χ2v) is 5.48. The maximum Gasteiger partial charge on any atom is 0.255 e. The molecule has 0 aliphatic heterocycles.